The van der Waals surface area contributed by atoms with Crippen molar-refractivity contribution in [3.05, 3.63) is 28.8 Å². The highest BCUT2D eigenvalue weighted by Crippen LogP contribution is 2.29. The average molecular weight is 254 g/mol. The lowest BCUT2D eigenvalue weighted by molar-refractivity contribution is 0.101. The maximum absolute atomic E-state index is 11.2. The maximum atomic E-state index is 11.2. The SMILES string of the molecule is CC(=O)c1ccc(N2CCC(O)CC2)c(Cl)c1. The molecular weight excluding hydrogens is 238 g/mol. The minimum Gasteiger partial charge on any atom is -0.393 e. The third kappa shape index (κ3) is 2.79. The van der Waals surface area contributed by atoms with Crippen molar-refractivity contribution in [2.45, 2.75) is 25.9 Å². The fourth-order valence-electron chi connectivity index (χ4n) is 2.09. The predicted octanol–water partition coefficient (Wildman–Crippen LogP) is 2.50. The largest absolute Gasteiger partial charge is 0.393 e. The number of hydrogen-bond acceptors (Lipinski definition) is 3. The molecule has 0 atom stereocenters. The summed E-state index contributed by atoms with van der Waals surface area (Å²) in [6.45, 7) is 3.14. The Labute approximate surface area is 106 Å². The van der Waals surface area contributed by atoms with Crippen LogP contribution < -0.4 is 4.90 Å². The fourth-order valence-corrected chi connectivity index (χ4v) is 2.39. The van der Waals surface area contributed by atoms with Gasteiger partial charge in [0.05, 0.1) is 16.8 Å². The van der Waals surface area contributed by atoms with Crippen molar-refractivity contribution in [2.75, 3.05) is 18.0 Å². The second-order valence-electron chi connectivity index (χ2n) is 4.44. The molecule has 1 aliphatic rings. The second kappa shape index (κ2) is 5.07. The van der Waals surface area contributed by atoms with Crippen LogP contribution in [0.15, 0.2) is 18.2 Å². The van der Waals surface area contributed by atoms with Crippen LogP contribution in [0.2, 0.25) is 5.02 Å². The topological polar surface area (TPSA) is 40.5 Å². The Balaban J connectivity index is 2.19. The number of hydrogen-bond donors (Lipinski definition) is 1. The van der Waals surface area contributed by atoms with Crippen molar-refractivity contribution in [3.8, 4) is 0 Å². The van der Waals surface area contributed by atoms with Crippen LogP contribution in [-0.2, 0) is 0 Å². The number of carbonyl (C=O) groups is 1. The van der Waals surface area contributed by atoms with Crippen molar-refractivity contribution in [2.24, 2.45) is 0 Å². The third-order valence-electron chi connectivity index (χ3n) is 3.16. The Kier molecular flexibility index (Phi) is 3.69. The number of rotatable bonds is 2. The molecule has 1 saturated heterocycles. The molecule has 1 N–H and O–H groups in total. The van der Waals surface area contributed by atoms with E-state index in [9.17, 15) is 9.90 Å². The van der Waals surface area contributed by atoms with Gasteiger partial charge in [0.2, 0.25) is 0 Å². The zero-order valence-corrected chi connectivity index (χ0v) is 10.6. The summed E-state index contributed by atoms with van der Waals surface area (Å²) in [6, 6.07) is 5.40. The van der Waals surface area contributed by atoms with E-state index < -0.39 is 0 Å². The summed E-state index contributed by atoms with van der Waals surface area (Å²) < 4.78 is 0. The van der Waals surface area contributed by atoms with Gasteiger partial charge in [0, 0.05) is 18.7 Å². The van der Waals surface area contributed by atoms with E-state index >= 15 is 0 Å². The molecule has 2 rings (SSSR count). The summed E-state index contributed by atoms with van der Waals surface area (Å²) in [5, 5.41) is 10.1. The van der Waals surface area contributed by atoms with Gasteiger partial charge in [0.15, 0.2) is 5.78 Å². The number of nitrogens with zero attached hydrogens (tertiary/aromatic N) is 1. The number of aliphatic hydroxyl groups excluding tert-OH is 1. The number of Topliss-reactive ketones (excluding diaryl/α,β-unsaturated/α-hetero) is 1. The summed E-state index contributed by atoms with van der Waals surface area (Å²) in [5.41, 5.74) is 1.58. The number of ketones is 1. The number of benzene rings is 1. The van der Waals surface area contributed by atoms with Gasteiger partial charge in [0.1, 0.15) is 0 Å². The monoisotopic (exact) mass is 253 g/mol. The Hall–Kier alpha value is -1.06. The van der Waals surface area contributed by atoms with Gasteiger partial charge in [-0.2, -0.15) is 0 Å². The molecule has 0 amide bonds. The molecular formula is C13H16ClNO2. The first-order valence-corrected chi connectivity index (χ1v) is 6.19. The number of anilines is 1. The van der Waals surface area contributed by atoms with Gasteiger partial charge in [-0.3, -0.25) is 4.79 Å². The molecule has 3 nitrogen and oxygen atoms in total. The van der Waals surface area contributed by atoms with Crippen LogP contribution in [0.25, 0.3) is 0 Å². The van der Waals surface area contributed by atoms with Gasteiger partial charge in [0.25, 0.3) is 0 Å². The standard InChI is InChI=1S/C13H16ClNO2/c1-9(16)10-2-3-13(12(14)8-10)15-6-4-11(17)5-7-15/h2-3,8,11,17H,4-7H2,1H3. The first-order chi connectivity index (χ1) is 8.08. The van der Waals surface area contributed by atoms with E-state index in [1.54, 1.807) is 12.1 Å². The van der Waals surface area contributed by atoms with Crippen LogP contribution in [0.3, 0.4) is 0 Å². The smallest absolute Gasteiger partial charge is 0.159 e. The molecule has 4 heteroatoms. The van der Waals surface area contributed by atoms with E-state index in [1.165, 1.54) is 6.92 Å². The molecule has 92 valence electrons. The number of halogens is 1. The van der Waals surface area contributed by atoms with E-state index in [-0.39, 0.29) is 11.9 Å². The van der Waals surface area contributed by atoms with Crippen LogP contribution in [0.4, 0.5) is 5.69 Å². The number of carbonyl (C=O) groups excluding carboxylic acids is 1. The first kappa shape index (κ1) is 12.4. The summed E-state index contributed by atoms with van der Waals surface area (Å²) >= 11 is 6.19. The van der Waals surface area contributed by atoms with Crippen molar-refractivity contribution in [1.82, 2.24) is 0 Å². The number of piperidine rings is 1. The first-order valence-electron chi connectivity index (χ1n) is 5.81. The Morgan fingerprint density at radius 1 is 1.41 bits per heavy atom. The van der Waals surface area contributed by atoms with Crippen LogP contribution >= 0.6 is 11.6 Å². The summed E-state index contributed by atoms with van der Waals surface area (Å²) in [6.07, 6.45) is 1.34. The predicted molar refractivity (Wildman–Crippen MR) is 68.9 cm³/mol. The Bertz CT molecular complexity index is 425. The molecule has 0 aliphatic carbocycles. The fraction of sp³-hybridized carbons (Fsp3) is 0.462. The normalized spacial score (nSPS) is 17.2. The van der Waals surface area contributed by atoms with Crippen LogP contribution in [0.1, 0.15) is 30.1 Å². The van der Waals surface area contributed by atoms with E-state index in [2.05, 4.69) is 4.90 Å². The quantitative estimate of drug-likeness (QED) is 0.824. The van der Waals surface area contributed by atoms with Gasteiger partial charge < -0.3 is 10.0 Å². The molecule has 0 saturated carbocycles. The summed E-state index contributed by atoms with van der Waals surface area (Å²) in [4.78, 5) is 13.4. The molecule has 1 fully saturated rings. The van der Waals surface area contributed by atoms with Gasteiger partial charge in [-0.25, -0.2) is 0 Å². The molecule has 1 aromatic rings. The average Bonchev–Trinajstić information content (AvgIpc) is 2.30. The lowest BCUT2D eigenvalue weighted by atomic mass is 10.1. The van der Waals surface area contributed by atoms with Gasteiger partial charge >= 0.3 is 0 Å². The Morgan fingerprint density at radius 2 is 2.06 bits per heavy atom. The van der Waals surface area contributed by atoms with Crippen molar-refractivity contribution in [1.29, 1.82) is 0 Å². The van der Waals surface area contributed by atoms with Crippen molar-refractivity contribution >= 4 is 23.1 Å². The maximum Gasteiger partial charge on any atom is 0.159 e. The molecule has 1 aliphatic heterocycles. The van der Waals surface area contributed by atoms with Crippen LogP contribution in [-0.4, -0.2) is 30.1 Å². The molecule has 0 radical (unpaired) electrons. The summed E-state index contributed by atoms with van der Waals surface area (Å²) in [5.74, 6) is 0.0208. The molecule has 0 bridgehead atoms. The van der Waals surface area contributed by atoms with E-state index in [0.717, 1.165) is 31.6 Å². The lowest BCUT2D eigenvalue weighted by Crippen LogP contribution is -2.35. The van der Waals surface area contributed by atoms with Gasteiger partial charge in [-0.05, 0) is 38.0 Å². The minimum atomic E-state index is -0.193. The molecule has 0 aromatic heterocycles. The zero-order chi connectivity index (χ0) is 12.4. The van der Waals surface area contributed by atoms with E-state index in [4.69, 9.17) is 11.6 Å². The van der Waals surface area contributed by atoms with E-state index in [0.29, 0.717) is 10.6 Å². The minimum absolute atomic E-state index is 0.0208. The molecule has 0 spiro atoms. The highest BCUT2D eigenvalue weighted by molar-refractivity contribution is 6.33. The Morgan fingerprint density at radius 3 is 2.59 bits per heavy atom. The van der Waals surface area contributed by atoms with Gasteiger partial charge in [-0.1, -0.05) is 11.6 Å². The van der Waals surface area contributed by atoms with Crippen LogP contribution in [0, 0.1) is 0 Å². The highest BCUT2D eigenvalue weighted by atomic mass is 35.5. The van der Waals surface area contributed by atoms with Crippen molar-refractivity contribution in [3.63, 3.8) is 0 Å². The lowest BCUT2D eigenvalue weighted by Gasteiger charge is -2.32. The molecule has 17 heavy (non-hydrogen) atoms. The number of aliphatic hydroxyl groups is 1. The molecule has 1 aromatic carbocycles. The van der Waals surface area contributed by atoms with E-state index in [1.807, 2.05) is 6.07 Å². The van der Waals surface area contributed by atoms with Crippen LogP contribution in [0.5, 0.6) is 0 Å². The highest BCUT2D eigenvalue weighted by Gasteiger charge is 2.19. The molecule has 0 unspecified atom stereocenters. The van der Waals surface area contributed by atoms with Crippen molar-refractivity contribution < 1.29 is 9.90 Å². The van der Waals surface area contributed by atoms with Gasteiger partial charge in [-0.15, -0.1) is 0 Å². The third-order valence-corrected chi connectivity index (χ3v) is 3.46. The second-order valence-corrected chi connectivity index (χ2v) is 4.85. The zero-order valence-electron chi connectivity index (χ0n) is 9.82. The molecule has 1 heterocycles. The summed E-state index contributed by atoms with van der Waals surface area (Å²) in [7, 11) is 0.